The first-order valence-electron chi connectivity index (χ1n) is 12.5. The minimum atomic E-state index is -3.76. The molecule has 2 amide bonds. The number of rotatable bonds is 8. The summed E-state index contributed by atoms with van der Waals surface area (Å²) in [6.45, 7) is 0.369. The fourth-order valence-electron chi connectivity index (χ4n) is 5.57. The molecule has 3 aliphatic heterocycles. The Kier molecular flexibility index (Phi) is 8.02. The number of nitrogens with one attached hydrogen (secondary N) is 2. The number of hydrogen-bond acceptors (Lipinski definition) is 7. The molecule has 3 unspecified atom stereocenters. The average molecular weight is 549 g/mol. The fraction of sp³-hybridized carbons (Fsp3) is 0.542. The summed E-state index contributed by atoms with van der Waals surface area (Å²) >= 11 is 0. The molecule has 5 N–H and O–H groups in total. The van der Waals surface area contributed by atoms with Gasteiger partial charge in [0.1, 0.15) is 12.1 Å². The van der Waals surface area contributed by atoms with Crippen LogP contribution in [0.4, 0.5) is 0 Å². The molecular weight excluding hydrogens is 516 g/mol. The third kappa shape index (κ3) is 5.80. The summed E-state index contributed by atoms with van der Waals surface area (Å²) in [5, 5.41) is 19.5. The molecule has 3 aliphatic rings. The van der Waals surface area contributed by atoms with Crippen molar-refractivity contribution in [2.75, 3.05) is 26.2 Å². The Morgan fingerprint density at radius 3 is 2.37 bits per heavy atom. The lowest BCUT2D eigenvalue weighted by Crippen LogP contribution is -2.61. The van der Waals surface area contributed by atoms with E-state index in [9.17, 15) is 32.7 Å². The van der Waals surface area contributed by atoms with Crippen molar-refractivity contribution in [3.63, 3.8) is 0 Å². The molecule has 3 atom stereocenters. The third-order valence-electron chi connectivity index (χ3n) is 7.55. The van der Waals surface area contributed by atoms with Crippen LogP contribution in [0.1, 0.15) is 31.2 Å². The molecule has 13 nitrogen and oxygen atoms in total. The number of guanidine groups is 1. The molecule has 0 radical (unpaired) electrons. The van der Waals surface area contributed by atoms with Gasteiger partial charge in [-0.25, -0.2) is 13.2 Å². The van der Waals surface area contributed by atoms with Crippen LogP contribution in [0.25, 0.3) is 0 Å². The maximum atomic E-state index is 13.3. The smallest absolute Gasteiger partial charge is 0.374 e. The van der Waals surface area contributed by atoms with Crippen molar-refractivity contribution < 1.29 is 32.7 Å². The molecule has 3 saturated heterocycles. The second kappa shape index (κ2) is 11.1. The highest BCUT2D eigenvalue weighted by molar-refractivity contribution is 7.88. The summed E-state index contributed by atoms with van der Waals surface area (Å²) in [5.74, 6) is -4.76. The van der Waals surface area contributed by atoms with Gasteiger partial charge in [0, 0.05) is 25.7 Å². The van der Waals surface area contributed by atoms with Crippen LogP contribution in [-0.4, -0.2) is 101 Å². The number of carbonyl (C=O) groups excluding carboxylic acids is 3. The topological polar surface area (TPSA) is 194 Å². The first-order chi connectivity index (χ1) is 18.0. The van der Waals surface area contributed by atoms with E-state index in [-0.39, 0.29) is 24.7 Å². The highest BCUT2D eigenvalue weighted by atomic mass is 32.2. The number of sulfonamides is 1. The molecule has 206 valence electrons. The number of Topliss-reactive ketones (excluding diaryl/α,β-unsaturated/α-hetero) is 1. The van der Waals surface area contributed by atoms with E-state index in [1.165, 1.54) is 4.90 Å². The summed E-state index contributed by atoms with van der Waals surface area (Å²) in [7, 11) is -3.76. The van der Waals surface area contributed by atoms with Gasteiger partial charge < -0.3 is 26.0 Å². The summed E-state index contributed by atoms with van der Waals surface area (Å²) in [5.41, 5.74) is 6.12. The maximum absolute atomic E-state index is 13.3. The lowest BCUT2D eigenvalue weighted by Gasteiger charge is -2.39. The number of nitrogens with zero attached hydrogens (tertiary/aromatic N) is 3. The van der Waals surface area contributed by atoms with Crippen LogP contribution in [0.2, 0.25) is 0 Å². The lowest BCUT2D eigenvalue weighted by atomic mass is 9.86. The molecule has 14 heteroatoms. The van der Waals surface area contributed by atoms with E-state index in [1.807, 2.05) is 0 Å². The Bertz CT molecular complexity index is 1220. The van der Waals surface area contributed by atoms with Crippen molar-refractivity contribution in [1.82, 2.24) is 19.4 Å². The van der Waals surface area contributed by atoms with Crippen molar-refractivity contribution in [1.29, 1.82) is 5.41 Å². The number of aliphatic carboxylic acids is 1. The molecular formula is C24H32N6O7S. The van der Waals surface area contributed by atoms with Gasteiger partial charge in [-0.05, 0) is 37.2 Å². The molecule has 3 heterocycles. The highest BCUT2D eigenvalue weighted by Crippen LogP contribution is 2.31. The monoisotopic (exact) mass is 548 g/mol. The number of carboxylic acid groups (broad SMARTS) is 1. The van der Waals surface area contributed by atoms with Crippen LogP contribution in [0.5, 0.6) is 0 Å². The van der Waals surface area contributed by atoms with Gasteiger partial charge >= 0.3 is 5.97 Å². The minimum Gasteiger partial charge on any atom is -0.475 e. The standard InChI is InChI=1S/C24H32N6O7S/c25-24(26)28-10-8-16(9-11-28)20(21(32)23(34)35)27-22(33)18-7-6-17-12-29(13-19(31)30(17)18)38(36,37)14-15-4-2-1-3-5-15/h1-5,16-18,20H,6-14H2,(H3,25,26)(H,27,33)(H,34,35). The number of nitrogens with two attached hydrogens (primary N) is 1. The molecule has 3 fully saturated rings. The summed E-state index contributed by atoms with van der Waals surface area (Å²) in [6, 6.07) is 5.96. The number of piperazine rings is 1. The predicted molar refractivity (Wildman–Crippen MR) is 135 cm³/mol. The number of piperidine rings is 1. The Labute approximate surface area is 220 Å². The maximum Gasteiger partial charge on any atom is 0.374 e. The largest absolute Gasteiger partial charge is 0.475 e. The molecule has 0 saturated carbocycles. The molecule has 38 heavy (non-hydrogen) atoms. The number of ketones is 1. The van der Waals surface area contributed by atoms with Gasteiger partial charge in [-0.1, -0.05) is 30.3 Å². The Morgan fingerprint density at radius 2 is 1.76 bits per heavy atom. The lowest BCUT2D eigenvalue weighted by molar-refractivity contribution is -0.152. The van der Waals surface area contributed by atoms with Gasteiger partial charge in [-0.15, -0.1) is 0 Å². The summed E-state index contributed by atoms with van der Waals surface area (Å²) in [6.07, 6.45) is 1.38. The van der Waals surface area contributed by atoms with Crippen LogP contribution in [0.15, 0.2) is 30.3 Å². The zero-order valence-electron chi connectivity index (χ0n) is 20.8. The number of fused-ring (bicyclic) bond motifs is 1. The van der Waals surface area contributed by atoms with Crippen LogP contribution in [0, 0.1) is 11.3 Å². The number of carbonyl (C=O) groups is 4. The van der Waals surface area contributed by atoms with E-state index in [0.29, 0.717) is 37.9 Å². The summed E-state index contributed by atoms with van der Waals surface area (Å²) in [4.78, 5) is 53.3. The average Bonchev–Trinajstić information content (AvgIpc) is 3.32. The van der Waals surface area contributed by atoms with E-state index in [1.54, 1.807) is 35.2 Å². The predicted octanol–water partition coefficient (Wildman–Crippen LogP) is -1.06. The normalized spacial score (nSPS) is 23.5. The number of benzene rings is 1. The highest BCUT2D eigenvalue weighted by Gasteiger charge is 2.48. The van der Waals surface area contributed by atoms with E-state index < -0.39 is 64.2 Å². The van der Waals surface area contributed by atoms with Crippen LogP contribution >= 0.6 is 0 Å². The quantitative estimate of drug-likeness (QED) is 0.178. The summed E-state index contributed by atoms with van der Waals surface area (Å²) < 4.78 is 27.1. The van der Waals surface area contributed by atoms with Gasteiger partial charge in [0.25, 0.3) is 5.78 Å². The van der Waals surface area contributed by atoms with E-state index in [0.717, 1.165) is 4.31 Å². The van der Waals surface area contributed by atoms with E-state index >= 15 is 0 Å². The first kappa shape index (κ1) is 27.5. The molecule has 0 aromatic heterocycles. The number of amides is 2. The van der Waals surface area contributed by atoms with Crippen molar-refractivity contribution >= 4 is 39.5 Å². The van der Waals surface area contributed by atoms with E-state index in [2.05, 4.69) is 5.32 Å². The molecule has 1 aromatic carbocycles. The Morgan fingerprint density at radius 1 is 1.11 bits per heavy atom. The molecule has 0 spiro atoms. The van der Waals surface area contributed by atoms with Gasteiger partial charge in [-0.2, -0.15) is 4.31 Å². The third-order valence-corrected chi connectivity index (χ3v) is 9.31. The van der Waals surface area contributed by atoms with Gasteiger partial charge in [0.05, 0.1) is 12.3 Å². The fourth-order valence-corrected chi connectivity index (χ4v) is 7.07. The zero-order chi connectivity index (χ0) is 27.6. The van der Waals surface area contributed by atoms with Crippen LogP contribution < -0.4 is 11.1 Å². The van der Waals surface area contributed by atoms with E-state index in [4.69, 9.17) is 11.1 Å². The van der Waals surface area contributed by atoms with Crippen molar-refractivity contribution in [2.45, 2.75) is 49.6 Å². The first-order valence-corrected chi connectivity index (χ1v) is 14.1. The van der Waals surface area contributed by atoms with Crippen molar-refractivity contribution in [2.24, 2.45) is 11.7 Å². The number of carboxylic acids is 1. The van der Waals surface area contributed by atoms with Gasteiger partial charge in [-0.3, -0.25) is 19.8 Å². The number of likely N-dealkylation sites (tertiary alicyclic amines) is 1. The van der Waals surface area contributed by atoms with Crippen LogP contribution in [-0.2, 0) is 35.0 Å². The van der Waals surface area contributed by atoms with Crippen molar-refractivity contribution in [3.8, 4) is 0 Å². The molecule has 0 bridgehead atoms. The Hall–Kier alpha value is -3.52. The number of hydrogen-bond donors (Lipinski definition) is 4. The molecule has 4 rings (SSSR count). The molecule has 0 aliphatic carbocycles. The Balaban J connectivity index is 1.43. The second-order valence-electron chi connectivity index (χ2n) is 9.95. The second-order valence-corrected chi connectivity index (χ2v) is 11.9. The zero-order valence-corrected chi connectivity index (χ0v) is 21.6. The van der Waals surface area contributed by atoms with Crippen molar-refractivity contribution in [3.05, 3.63) is 35.9 Å². The molecule has 1 aromatic rings. The SMILES string of the molecule is N=C(N)N1CCC(C(NC(=O)C2CCC3CN(S(=O)(=O)Cc4ccccc4)CC(=O)N32)C(=O)C(=O)O)CC1. The minimum absolute atomic E-state index is 0.0612. The van der Waals surface area contributed by atoms with Crippen LogP contribution in [0.3, 0.4) is 0 Å². The van der Waals surface area contributed by atoms with Gasteiger partial charge in [0.15, 0.2) is 5.96 Å². The van der Waals surface area contributed by atoms with Gasteiger partial charge in [0.2, 0.25) is 21.8 Å².